The van der Waals surface area contributed by atoms with Gasteiger partial charge < -0.3 is 15.0 Å². The molecule has 0 aromatic rings. The van der Waals surface area contributed by atoms with Gasteiger partial charge in [0.2, 0.25) is 5.91 Å². The third kappa shape index (κ3) is 4.74. The molecule has 0 atom stereocenters. The summed E-state index contributed by atoms with van der Waals surface area (Å²) in [6, 6.07) is 0. The van der Waals surface area contributed by atoms with E-state index in [4.69, 9.17) is 4.74 Å². The van der Waals surface area contributed by atoms with Crippen LogP contribution in [0.1, 0.15) is 13.8 Å². The van der Waals surface area contributed by atoms with Crippen LogP contribution in [-0.4, -0.2) is 25.1 Å². The standard InChI is InChI=1S/C12H18BNO3/c1-6-8-9(3)13(16)14-12(15)10(4)11(7-2)17-5/h6-8,16H,1-2H2,3-5H3,(H,14,15)/b9-8+,11-10-. The molecule has 0 aliphatic rings. The van der Waals surface area contributed by atoms with Crippen molar-refractivity contribution in [3.8, 4) is 0 Å². The zero-order chi connectivity index (χ0) is 13.4. The van der Waals surface area contributed by atoms with Crippen molar-refractivity contribution in [1.82, 2.24) is 5.23 Å². The number of nitrogens with one attached hydrogen (secondary N) is 1. The summed E-state index contributed by atoms with van der Waals surface area (Å²) in [4.78, 5) is 11.7. The quantitative estimate of drug-likeness (QED) is 0.316. The van der Waals surface area contributed by atoms with E-state index < -0.39 is 13.0 Å². The minimum atomic E-state index is -1.04. The number of allylic oxidation sites excluding steroid dienone is 4. The molecule has 92 valence electrons. The largest absolute Gasteiger partial charge is 0.496 e. The molecule has 0 aromatic heterocycles. The lowest BCUT2D eigenvalue weighted by Gasteiger charge is -2.11. The highest BCUT2D eigenvalue weighted by Gasteiger charge is 2.19. The van der Waals surface area contributed by atoms with E-state index in [0.717, 1.165) is 0 Å². The summed E-state index contributed by atoms with van der Waals surface area (Å²) in [6.07, 6.45) is 4.60. The Morgan fingerprint density at radius 1 is 1.41 bits per heavy atom. The zero-order valence-electron chi connectivity index (χ0n) is 10.5. The van der Waals surface area contributed by atoms with E-state index >= 15 is 0 Å². The first-order valence-electron chi connectivity index (χ1n) is 5.13. The van der Waals surface area contributed by atoms with Crippen LogP contribution in [0.2, 0.25) is 0 Å². The Labute approximate surface area is 102 Å². The number of rotatable bonds is 6. The molecule has 0 radical (unpaired) electrons. The second-order valence-electron chi connectivity index (χ2n) is 3.42. The monoisotopic (exact) mass is 235 g/mol. The first-order chi connectivity index (χ1) is 7.97. The van der Waals surface area contributed by atoms with Gasteiger partial charge in [0.05, 0.1) is 12.7 Å². The molecule has 0 unspecified atom stereocenters. The molecule has 1 amide bonds. The van der Waals surface area contributed by atoms with Gasteiger partial charge in [-0.1, -0.05) is 30.8 Å². The van der Waals surface area contributed by atoms with Crippen molar-refractivity contribution >= 4 is 13.0 Å². The number of methoxy groups -OCH3 is 1. The van der Waals surface area contributed by atoms with E-state index in [0.29, 0.717) is 16.8 Å². The van der Waals surface area contributed by atoms with E-state index in [-0.39, 0.29) is 0 Å². The number of carbonyl (C=O) groups is 1. The SMILES string of the molecule is C=C/C=C(\C)B(O)NC(=O)/C(C)=C(/C=C)OC. The van der Waals surface area contributed by atoms with Crippen molar-refractivity contribution in [1.29, 1.82) is 0 Å². The normalized spacial score (nSPS) is 12.4. The number of ether oxygens (including phenoxy) is 1. The third-order valence-electron chi connectivity index (χ3n) is 2.20. The van der Waals surface area contributed by atoms with Gasteiger partial charge in [-0.2, -0.15) is 0 Å². The van der Waals surface area contributed by atoms with Crippen LogP contribution in [0, 0.1) is 0 Å². The van der Waals surface area contributed by atoms with Crippen molar-refractivity contribution in [2.45, 2.75) is 13.8 Å². The number of hydrogen-bond donors (Lipinski definition) is 2. The lowest BCUT2D eigenvalue weighted by atomic mass is 9.74. The molecule has 0 aromatic carbocycles. The lowest BCUT2D eigenvalue weighted by molar-refractivity contribution is -0.116. The summed E-state index contributed by atoms with van der Waals surface area (Å²) in [6.45, 7) is 10.3. The van der Waals surface area contributed by atoms with E-state index in [1.165, 1.54) is 19.3 Å². The van der Waals surface area contributed by atoms with Crippen LogP contribution < -0.4 is 5.23 Å². The number of carbonyl (C=O) groups excluding carboxylic acids is 1. The summed E-state index contributed by atoms with van der Waals surface area (Å²) in [7, 11) is 0.408. The molecular weight excluding hydrogens is 217 g/mol. The number of amides is 1. The van der Waals surface area contributed by atoms with Gasteiger partial charge in [0.25, 0.3) is 0 Å². The minimum Gasteiger partial charge on any atom is -0.496 e. The molecule has 0 saturated heterocycles. The smallest absolute Gasteiger partial charge is 0.444 e. The summed E-state index contributed by atoms with van der Waals surface area (Å²) >= 11 is 0. The van der Waals surface area contributed by atoms with Crippen molar-refractivity contribution < 1.29 is 14.6 Å². The molecule has 2 N–H and O–H groups in total. The maximum absolute atomic E-state index is 11.7. The second kappa shape index (κ2) is 7.52. The Morgan fingerprint density at radius 2 is 2.00 bits per heavy atom. The minimum absolute atomic E-state index is 0.355. The fraction of sp³-hybridized carbons (Fsp3) is 0.250. The van der Waals surface area contributed by atoms with Gasteiger partial charge in [-0.25, -0.2) is 0 Å². The Bertz CT molecular complexity index is 372. The van der Waals surface area contributed by atoms with Crippen molar-refractivity contribution in [3.05, 3.63) is 48.2 Å². The molecule has 17 heavy (non-hydrogen) atoms. The van der Waals surface area contributed by atoms with Crippen molar-refractivity contribution in [2.24, 2.45) is 0 Å². The molecule has 0 aliphatic carbocycles. The maximum Gasteiger partial charge on any atom is 0.444 e. The van der Waals surface area contributed by atoms with Crippen LogP contribution in [0.15, 0.2) is 48.2 Å². The third-order valence-corrected chi connectivity index (χ3v) is 2.20. The molecule has 0 heterocycles. The molecular formula is C12H18BNO3. The first kappa shape index (κ1) is 15.3. The van der Waals surface area contributed by atoms with Gasteiger partial charge in [0.15, 0.2) is 0 Å². The van der Waals surface area contributed by atoms with E-state index in [9.17, 15) is 9.82 Å². The van der Waals surface area contributed by atoms with E-state index in [2.05, 4.69) is 18.4 Å². The van der Waals surface area contributed by atoms with Gasteiger partial charge in [-0.3, -0.25) is 4.79 Å². The van der Waals surface area contributed by atoms with Crippen molar-refractivity contribution in [2.75, 3.05) is 7.11 Å². The zero-order valence-corrected chi connectivity index (χ0v) is 10.5. The second-order valence-corrected chi connectivity index (χ2v) is 3.42. The molecule has 0 spiro atoms. The molecule has 5 heteroatoms. The number of hydrogen-bond acceptors (Lipinski definition) is 3. The molecule has 0 aliphatic heterocycles. The molecule has 4 nitrogen and oxygen atoms in total. The van der Waals surface area contributed by atoms with Gasteiger partial charge >= 0.3 is 7.05 Å². The van der Waals surface area contributed by atoms with Crippen molar-refractivity contribution in [3.63, 3.8) is 0 Å². The van der Waals surface area contributed by atoms with Crippen LogP contribution in [0.3, 0.4) is 0 Å². The average Bonchev–Trinajstić information content (AvgIpc) is 2.30. The van der Waals surface area contributed by atoms with Crippen LogP contribution in [0.5, 0.6) is 0 Å². The average molecular weight is 235 g/mol. The summed E-state index contributed by atoms with van der Waals surface area (Å²) in [5.74, 6) is -0.0360. The summed E-state index contributed by atoms with van der Waals surface area (Å²) in [5.41, 5.74) is 0.951. The highest BCUT2D eigenvalue weighted by Crippen LogP contribution is 2.06. The topological polar surface area (TPSA) is 58.6 Å². The highest BCUT2D eigenvalue weighted by atomic mass is 16.5. The Kier molecular flexibility index (Phi) is 6.74. The molecule has 0 bridgehead atoms. The van der Waals surface area contributed by atoms with E-state index in [1.807, 2.05) is 0 Å². The van der Waals surface area contributed by atoms with Gasteiger partial charge in [-0.15, -0.1) is 0 Å². The predicted octanol–water partition coefficient (Wildman–Crippen LogP) is 1.36. The first-order valence-corrected chi connectivity index (χ1v) is 5.13. The maximum atomic E-state index is 11.7. The van der Waals surface area contributed by atoms with Crippen LogP contribution in [0.25, 0.3) is 0 Å². The van der Waals surface area contributed by atoms with Crippen LogP contribution in [-0.2, 0) is 9.53 Å². The van der Waals surface area contributed by atoms with E-state index in [1.54, 1.807) is 19.9 Å². The fourth-order valence-electron chi connectivity index (χ4n) is 1.12. The predicted molar refractivity (Wildman–Crippen MR) is 70.0 cm³/mol. The lowest BCUT2D eigenvalue weighted by Crippen LogP contribution is -2.40. The summed E-state index contributed by atoms with van der Waals surface area (Å²) in [5, 5.41) is 12.1. The van der Waals surface area contributed by atoms with Gasteiger partial charge in [0, 0.05) is 0 Å². The van der Waals surface area contributed by atoms with Crippen LogP contribution in [0.4, 0.5) is 0 Å². The van der Waals surface area contributed by atoms with Crippen LogP contribution >= 0.6 is 0 Å². The molecule has 0 saturated carbocycles. The Hall–Kier alpha value is -1.75. The molecule has 0 rings (SSSR count). The van der Waals surface area contributed by atoms with Gasteiger partial charge in [-0.05, 0) is 19.9 Å². The Morgan fingerprint density at radius 3 is 2.41 bits per heavy atom. The fourth-order valence-corrected chi connectivity index (χ4v) is 1.12. The highest BCUT2D eigenvalue weighted by molar-refractivity contribution is 6.59. The van der Waals surface area contributed by atoms with Gasteiger partial charge in [0.1, 0.15) is 5.76 Å². The molecule has 0 fully saturated rings. The Balaban J connectivity index is 4.76. The summed E-state index contributed by atoms with van der Waals surface area (Å²) < 4.78 is 4.96.